The van der Waals surface area contributed by atoms with Crippen molar-refractivity contribution in [2.45, 2.75) is 19.8 Å². The Morgan fingerprint density at radius 1 is 1.35 bits per heavy atom. The molecule has 3 heteroatoms. The minimum Gasteiger partial charge on any atom is -0.385 e. The number of aryl methyl sites for hydroxylation is 2. The standard InChI is InChI=1S/C14H18BNO/c1-10-12(5-4-8-17-3)13-9-11(15)6-7-14(13)16(10)2/h6-7,9H,4-5,8H2,1-3H3. The van der Waals surface area contributed by atoms with E-state index in [0.717, 1.165) is 24.9 Å². The highest BCUT2D eigenvalue weighted by atomic mass is 16.5. The zero-order chi connectivity index (χ0) is 12.4. The molecule has 2 rings (SSSR count). The average Bonchev–Trinajstić information content (AvgIpc) is 2.54. The summed E-state index contributed by atoms with van der Waals surface area (Å²) in [6.07, 6.45) is 2.09. The van der Waals surface area contributed by atoms with Crippen LogP contribution in [-0.2, 0) is 18.2 Å². The molecule has 0 aliphatic rings. The number of nitrogens with zero attached hydrogens (tertiary/aromatic N) is 1. The zero-order valence-electron chi connectivity index (χ0n) is 10.8. The molecule has 17 heavy (non-hydrogen) atoms. The Hall–Kier alpha value is -1.22. The van der Waals surface area contributed by atoms with E-state index in [9.17, 15) is 0 Å². The van der Waals surface area contributed by atoms with E-state index in [4.69, 9.17) is 12.6 Å². The number of rotatable bonds is 4. The van der Waals surface area contributed by atoms with Gasteiger partial charge >= 0.3 is 0 Å². The summed E-state index contributed by atoms with van der Waals surface area (Å²) in [6.45, 7) is 2.97. The van der Waals surface area contributed by atoms with E-state index in [2.05, 4.69) is 30.7 Å². The van der Waals surface area contributed by atoms with Crippen LogP contribution in [0.25, 0.3) is 10.9 Å². The van der Waals surface area contributed by atoms with Crippen LogP contribution >= 0.6 is 0 Å². The average molecular weight is 227 g/mol. The van der Waals surface area contributed by atoms with Crippen LogP contribution in [0.15, 0.2) is 18.2 Å². The molecule has 2 radical (unpaired) electrons. The molecule has 0 saturated heterocycles. The lowest BCUT2D eigenvalue weighted by molar-refractivity contribution is 0.195. The predicted molar refractivity (Wildman–Crippen MR) is 73.2 cm³/mol. The molecule has 88 valence electrons. The van der Waals surface area contributed by atoms with E-state index in [1.54, 1.807) is 7.11 Å². The Morgan fingerprint density at radius 3 is 2.82 bits per heavy atom. The molecule has 1 heterocycles. The molecule has 0 unspecified atom stereocenters. The monoisotopic (exact) mass is 227 g/mol. The maximum Gasteiger partial charge on any atom is 0.113 e. The number of hydrogen-bond acceptors (Lipinski definition) is 1. The molecule has 1 aromatic heterocycles. The number of benzene rings is 1. The summed E-state index contributed by atoms with van der Waals surface area (Å²) in [4.78, 5) is 0. The van der Waals surface area contributed by atoms with Gasteiger partial charge in [0.15, 0.2) is 0 Å². The van der Waals surface area contributed by atoms with Gasteiger partial charge in [0.05, 0.1) is 0 Å². The normalized spacial score (nSPS) is 11.2. The summed E-state index contributed by atoms with van der Waals surface area (Å²) in [5.41, 5.74) is 4.80. The Morgan fingerprint density at radius 2 is 2.12 bits per heavy atom. The van der Waals surface area contributed by atoms with Crippen molar-refractivity contribution in [2.24, 2.45) is 7.05 Å². The number of fused-ring (bicyclic) bond motifs is 1. The van der Waals surface area contributed by atoms with E-state index in [0.29, 0.717) is 0 Å². The van der Waals surface area contributed by atoms with Crippen molar-refractivity contribution in [3.05, 3.63) is 29.5 Å². The lowest BCUT2D eigenvalue weighted by atomic mass is 9.93. The first kappa shape index (κ1) is 12.2. The number of methoxy groups -OCH3 is 1. The predicted octanol–water partition coefficient (Wildman–Crippen LogP) is 1.86. The Bertz CT molecular complexity index is 530. The van der Waals surface area contributed by atoms with E-state index in [1.807, 2.05) is 6.07 Å². The third-order valence-electron chi connectivity index (χ3n) is 3.42. The van der Waals surface area contributed by atoms with Crippen molar-refractivity contribution < 1.29 is 4.74 Å². The minimum absolute atomic E-state index is 0.804. The van der Waals surface area contributed by atoms with Crippen LogP contribution in [0.4, 0.5) is 0 Å². The molecule has 0 amide bonds. The maximum absolute atomic E-state index is 5.87. The Balaban J connectivity index is 2.45. The van der Waals surface area contributed by atoms with Crippen molar-refractivity contribution in [1.29, 1.82) is 0 Å². The third kappa shape index (κ3) is 2.25. The highest BCUT2D eigenvalue weighted by molar-refractivity contribution is 6.33. The van der Waals surface area contributed by atoms with Crippen LogP contribution in [-0.4, -0.2) is 26.1 Å². The number of ether oxygens (including phenoxy) is 1. The number of hydrogen-bond donors (Lipinski definition) is 0. The van der Waals surface area contributed by atoms with Crippen molar-refractivity contribution in [2.75, 3.05) is 13.7 Å². The second kappa shape index (κ2) is 4.97. The van der Waals surface area contributed by atoms with Crippen molar-refractivity contribution in [3.63, 3.8) is 0 Å². The van der Waals surface area contributed by atoms with Crippen LogP contribution in [0.2, 0.25) is 0 Å². The van der Waals surface area contributed by atoms with Gasteiger partial charge in [0, 0.05) is 37.4 Å². The van der Waals surface area contributed by atoms with Gasteiger partial charge in [-0.25, -0.2) is 0 Å². The summed E-state index contributed by atoms with van der Waals surface area (Å²) >= 11 is 0. The van der Waals surface area contributed by atoms with Crippen LogP contribution in [0.3, 0.4) is 0 Å². The topological polar surface area (TPSA) is 14.2 Å². The van der Waals surface area contributed by atoms with Crippen LogP contribution < -0.4 is 5.46 Å². The molecule has 0 bridgehead atoms. The van der Waals surface area contributed by atoms with Crippen molar-refractivity contribution >= 4 is 24.2 Å². The molecule has 0 saturated carbocycles. The highest BCUT2D eigenvalue weighted by Crippen LogP contribution is 2.25. The van der Waals surface area contributed by atoms with Gasteiger partial charge in [-0.1, -0.05) is 17.6 Å². The summed E-state index contributed by atoms with van der Waals surface area (Å²) in [7, 11) is 9.72. The van der Waals surface area contributed by atoms with E-state index in [-0.39, 0.29) is 0 Å². The second-order valence-corrected chi connectivity index (χ2v) is 4.50. The largest absolute Gasteiger partial charge is 0.385 e. The minimum atomic E-state index is 0.804. The van der Waals surface area contributed by atoms with Gasteiger partial charge < -0.3 is 9.30 Å². The van der Waals surface area contributed by atoms with Gasteiger partial charge in [-0.2, -0.15) is 0 Å². The summed E-state index contributed by atoms with van der Waals surface area (Å²) < 4.78 is 7.35. The fraction of sp³-hybridized carbons (Fsp3) is 0.429. The quantitative estimate of drug-likeness (QED) is 0.574. The summed E-state index contributed by atoms with van der Waals surface area (Å²) in [5, 5.41) is 1.28. The van der Waals surface area contributed by atoms with E-state index < -0.39 is 0 Å². The first-order chi connectivity index (χ1) is 8.15. The summed E-state index contributed by atoms with van der Waals surface area (Å²) in [6, 6.07) is 6.13. The van der Waals surface area contributed by atoms with Gasteiger partial charge in [-0.15, -0.1) is 0 Å². The van der Waals surface area contributed by atoms with Crippen molar-refractivity contribution in [3.8, 4) is 0 Å². The van der Waals surface area contributed by atoms with Crippen LogP contribution in [0.1, 0.15) is 17.7 Å². The first-order valence-corrected chi connectivity index (χ1v) is 5.97. The Kier molecular flexibility index (Phi) is 3.58. The zero-order valence-corrected chi connectivity index (χ0v) is 10.8. The van der Waals surface area contributed by atoms with Crippen LogP contribution in [0, 0.1) is 6.92 Å². The molecule has 2 nitrogen and oxygen atoms in total. The molecule has 2 aromatic rings. The molecule has 0 spiro atoms. The fourth-order valence-corrected chi connectivity index (χ4v) is 2.37. The second-order valence-electron chi connectivity index (χ2n) is 4.50. The van der Waals surface area contributed by atoms with Crippen molar-refractivity contribution in [1.82, 2.24) is 4.57 Å². The highest BCUT2D eigenvalue weighted by Gasteiger charge is 2.11. The van der Waals surface area contributed by atoms with Gasteiger partial charge in [0.25, 0.3) is 0 Å². The van der Waals surface area contributed by atoms with E-state index in [1.165, 1.54) is 22.2 Å². The molecular formula is C14H18BNO. The molecule has 1 aromatic carbocycles. The fourth-order valence-electron chi connectivity index (χ4n) is 2.37. The molecule has 0 fully saturated rings. The smallest absolute Gasteiger partial charge is 0.113 e. The molecular weight excluding hydrogens is 209 g/mol. The first-order valence-electron chi connectivity index (χ1n) is 5.97. The molecule has 0 N–H and O–H groups in total. The number of aromatic nitrogens is 1. The van der Waals surface area contributed by atoms with Gasteiger partial charge in [-0.3, -0.25) is 0 Å². The SMILES string of the molecule is [B]c1ccc2c(c1)c(CCCOC)c(C)n2C. The van der Waals surface area contributed by atoms with Gasteiger partial charge in [0.2, 0.25) is 0 Å². The molecule has 0 aliphatic heterocycles. The third-order valence-corrected chi connectivity index (χ3v) is 3.42. The maximum atomic E-state index is 5.87. The van der Waals surface area contributed by atoms with E-state index >= 15 is 0 Å². The molecule has 0 aliphatic carbocycles. The summed E-state index contributed by atoms with van der Waals surface area (Å²) in [5.74, 6) is 0. The Labute approximate surface area is 104 Å². The lowest BCUT2D eigenvalue weighted by Gasteiger charge is -2.02. The van der Waals surface area contributed by atoms with Crippen LogP contribution in [0.5, 0.6) is 0 Å². The van der Waals surface area contributed by atoms with Gasteiger partial charge in [-0.05, 0) is 31.4 Å². The molecule has 0 atom stereocenters. The lowest BCUT2D eigenvalue weighted by Crippen LogP contribution is -2.00. The van der Waals surface area contributed by atoms with Gasteiger partial charge in [0.1, 0.15) is 7.85 Å².